The molecule has 4 nitrogen and oxygen atoms in total. The first-order valence-corrected chi connectivity index (χ1v) is 13.3. The summed E-state index contributed by atoms with van der Waals surface area (Å²) in [4.78, 5) is 20.3. The van der Waals surface area contributed by atoms with E-state index in [2.05, 4.69) is 75.9 Å². The van der Waals surface area contributed by atoms with Gasteiger partial charge in [0.15, 0.2) is 0 Å². The topological polar surface area (TPSA) is 45.2 Å². The number of aromatic nitrogens is 1. The maximum atomic E-state index is 13.4. The molecule has 2 bridgehead atoms. The first-order valence-electron chi connectivity index (χ1n) is 13.3. The van der Waals surface area contributed by atoms with Crippen LogP contribution in [0.25, 0.3) is 0 Å². The van der Waals surface area contributed by atoms with Crippen LogP contribution in [-0.4, -0.2) is 40.5 Å². The molecule has 2 aromatic carbocycles. The second kappa shape index (κ2) is 9.58. The quantitative estimate of drug-likeness (QED) is 0.519. The summed E-state index contributed by atoms with van der Waals surface area (Å²) in [6.45, 7) is 2.36. The van der Waals surface area contributed by atoms with Crippen LogP contribution in [0.2, 0.25) is 0 Å². The van der Waals surface area contributed by atoms with E-state index in [4.69, 9.17) is 0 Å². The number of amides is 1. The van der Waals surface area contributed by atoms with Crippen LogP contribution in [0.4, 0.5) is 0 Å². The first kappa shape index (κ1) is 22.5. The van der Waals surface area contributed by atoms with Gasteiger partial charge in [0.05, 0.1) is 0 Å². The van der Waals surface area contributed by atoms with Crippen molar-refractivity contribution in [2.45, 2.75) is 61.9 Å². The normalized spacial score (nSPS) is 30.6. The number of nitrogens with zero attached hydrogens (tertiary/aromatic N) is 2. The van der Waals surface area contributed by atoms with E-state index in [1.165, 1.54) is 56.3 Å². The predicted molar refractivity (Wildman–Crippen MR) is 139 cm³/mol. The number of hydrogen-bond acceptors (Lipinski definition) is 3. The smallest absolute Gasteiger partial charge is 0.251 e. The Labute approximate surface area is 208 Å². The van der Waals surface area contributed by atoms with E-state index < -0.39 is 0 Å². The van der Waals surface area contributed by atoms with Crippen molar-refractivity contribution in [2.75, 3.05) is 13.1 Å². The van der Waals surface area contributed by atoms with Gasteiger partial charge >= 0.3 is 0 Å². The molecule has 4 fully saturated rings. The summed E-state index contributed by atoms with van der Waals surface area (Å²) < 4.78 is 0. The van der Waals surface area contributed by atoms with Gasteiger partial charge in [-0.15, -0.1) is 0 Å². The summed E-state index contributed by atoms with van der Waals surface area (Å²) in [5.74, 6) is 1.25. The summed E-state index contributed by atoms with van der Waals surface area (Å²) in [6, 6.07) is 25.9. The van der Waals surface area contributed by atoms with E-state index >= 15 is 0 Å². The third-order valence-electron chi connectivity index (χ3n) is 8.93. The fraction of sp³-hybridized carbons (Fsp3) is 0.419. The van der Waals surface area contributed by atoms with Crippen LogP contribution in [0, 0.1) is 5.92 Å². The van der Waals surface area contributed by atoms with Gasteiger partial charge in [-0.05, 0) is 86.2 Å². The van der Waals surface area contributed by atoms with Crippen LogP contribution >= 0.6 is 0 Å². The van der Waals surface area contributed by atoms with Gasteiger partial charge in [-0.25, -0.2) is 0 Å². The zero-order valence-electron chi connectivity index (χ0n) is 20.4. The second-order valence-electron chi connectivity index (χ2n) is 10.8. The molecule has 7 rings (SSSR count). The standard InChI is InChI=1S/C31H35N3O/c35-30(25-14-16-32-17-15-25)33-28-22-31(34-18-8-3-9-19-34)20-26(23-10-4-1-5-11-23)29(28)27(21-31)24-12-6-2-7-13-24/h1-2,4-7,10-17,26-29H,3,8-9,18-22H2,(H,33,35). The summed E-state index contributed by atoms with van der Waals surface area (Å²) in [5.41, 5.74) is 3.65. The average Bonchev–Trinajstić information content (AvgIpc) is 2.95. The molecular formula is C31H35N3O. The summed E-state index contributed by atoms with van der Waals surface area (Å²) in [5, 5.41) is 3.54. The van der Waals surface area contributed by atoms with Crippen molar-refractivity contribution in [1.82, 2.24) is 15.2 Å². The van der Waals surface area contributed by atoms with Gasteiger partial charge in [-0.1, -0.05) is 67.1 Å². The Balaban J connectivity index is 1.43. The van der Waals surface area contributed by atoms with Crippen LogP contribution in [0.3, 0.4) is 0 Å². The van der Waals surface area contributed by atoms with Crippen LogP contribution in [0.15, 0.2) is 85.2 Å². The van der Waals surface area contributed by atoms with Crippen molar-refractivity contribution in [2.24, 2.45) is 5.92 Å². The third kappa shape index (κ3) is 4.29. The van der Waals surface area contributed by atoms with Crippen LogP contribution in [-0.2, 0) is 0 Å². The predicted octanol–water partition coefficient (Wildman–Crippen LogP) is 5.79. The molecular weight excluding hydrogens is 430 g/mol. The minimum absolute atomic E-state index is 0.0253. The van der Waals surface area contributed by atoms with E-state index in [0.717, 1.165) is 6.42 Å². The molecule has 1 aliphatic heterocycles. The minimum atomic E-state index is 0.0253. The van der Waals surface area contributed by atoms with Crippen molar-refractivity contribution in [3.63, 3.8) is 0 Å². The number of likely N-dealkylation sites (tertiary alicyclic amines) is 1. The molecule has 1 aromatic heterocycles. The number of benzene rings is 2. The van der Waals surface area contributed by atoms with Crippen molar-refractivity contribution in [3.8, 4) is 0 Å². The fourth-order valence-electron chi connectivity index (χ4n) is 7.47. The SMILES string of the molecule is O=C(NC1CC2(N3CCCCC3)CC(c3ccccc3)C1C(c1ccccc1)C2)c1ccncc1. The molecule has 3 aromatic rings. The Morgan fingerprint density at radius 1 is 0.771 bits per heavy atom. The molecule has 3 saturated carbocycles. The van der Waals surface area contributed by atoms with Crippen molar-refractivity contribution < 1.29 is 4.79 Å². The van der Waals surface area contributed by atoms with Crippen LogP contribution in [0.5, 0.6) is 0 Å². The Hall–Kier alpha value is -2.98. The summed E-state index contributed by atoms with van der Waals surface area (Å²) in [6.07, 6.45) is 10.7. The lowest BCUT2D eigenvalue weighted by molar-refractivity contribution is -0.0606. The maximum Gasteiger partial charge on any atom is 0.251 e. The number of rotatable bonds is 5. The van der Waals surface area contributed by atoms with Gasteiger partial charge in [0.25, 0.3) is 5.91 Å². The second-order valence-corrected chi connectivity index (χ2v) is 10.8. The van der Waals surface area contributed by atoms with Gasteiger partial charge in [-0.2, -0.15) is 0 Å². The van der Waals surface area contributed by atoms with Gasteiger partial charge in [0.1, 0.15) is 0 Å². The Morgan fingerprint density at radius 2 is 1.34 bits per heavy atom. The Bertz CT molecular complexity index is 1080. The Kier molecular flexibility index (Phi) is 6.15. The van der Waals surface area contributed by atoms with Crippen LogP contribution in [0.1, 0.15) is 71.8 Å². The monoisotopic (exact) mass is 465 g/mol. The van der Waals surface area contributed by atoms with Crippen molar-refractivity contribution in [1.29, 1.82) is 0 Å². The number of piperidine rings is 1. The molecule has 3 unspecified atom stereocenters. The molecule has 1 amide bonds. The highest BCUT2D eigenvalue weighted by Gasteiger charge is 2.58. The molecule has 1 saturated heterocycles. The highest BCUT2D eigenvalue weighted by Crippen LogP contribution is 2.60. The lowest BCUT2D eigenvalue weighted by Crippen LogP contribution is -2.66. The molecule has 1 N–H and O–H groups in total. The van der Waals surface area contributed by atoms with E-state index in [1.807, 2.05) is 12.1 Å². The number of fused-ring (bicyclic) bond motifs is 3. The zero-order valence-corrected chi connectivity index (χ0v) is 20.4. The van der Waals surface area contributed by atoms with E-state index in [0.29, 0.717) is 23.3 Å². The lowest BCUT2D eigenvalue weighted by Gasteiger charge is -2.62. The third-order valence-corrected chi connectivity index (χ3v) is 8.93. The average molecular weight is 466 g/mol. The maximum absolute atomic E-state index is 13.4. The number of pyridine rings is 1. The van der Waals surface area contributed by atoms with Gasteiger partial charge < -0.3 is 5.32 Å². The number of carbonyl (C=O) groups excluding carboxylic acids is 1. The first-order chi connectivity index (χ1) is 17.2. The largest absolute Gasteiger partial charge is 0.349 e. The molecule has 4 heteroatoms. The molecule has 35 heavy (non-hydrogen) atoms. The highest BCUT2D eigenvalue weighted by atomic mass is 16.1. The fourth-order valence-corrected chi connectivity index (χ4v) is 7.47. The van der Waals surface area contributed by atoms with Gasteiger partial charge in [0, 0.05) is 29.5 Å². The zero-order chi connectivity index (χ0) is 23.7. The molecule has 180 valence electrons. The number of nitrogens with one attached hydrogen (secondary N) is 1. The van der Waals surface area contributed by atoms with Crippen molar-refractivity contribution in [3.05, 3.63) is 102 Å². The molecule has 2 heterocycles. The van der Waals surface area contributed by atoms with Gasteiger partial charge in [-0.3, -0.25) is 14.7 Å². The van der Waals surface area contributed by atoms with Gasteiger partial charge in [0.2, 0.25) is 0 Å². The number of hydrogen-bond donors (Lipinski definition) is 1. The van der Waals surface area contributed by atoms with E-state index in [1.54, 1.807) is 12.4 Å². The highest BCUT2D eigenvalue weighted by molar-refractivity contribution is 5.94. The molecule has 0 spiro atoms. The molecule has 0 radical (unpaired) electrons. The summed E-state index contributed by atoms with van der Waals surface area (Å²) in [7, 11) is 0. The lowest BCUT2D eigenvalue weighted by atomic mass is 9.51. The minimum Gasteiger partial charge on any atom is -0.349 e. The van der Waals surface area contributed by atoms with Crippen LogP contribution < -0.4 is 5.32 Å². The summed E-state index contributed by atoms with van der Waals surface area (Å²) >= 11 is 0. The van der Waals surface area contributed by atoms with E-state index in [-0.39, 0.29) is 17.5 Å². The number of carbonyl (C=O) groups is 1. The molecule has 3 atom stereocenters. The van der Waals surface area contributed by atoms with E-state index in [9.17, 15) is 4.79 Å². The molecule has 3 aliphatic carbocycles. The molecule has 4 aliphatic rings. The van der Waals surface area contributed by atoms with Crippen molar-refractivity contribution >= 4 is 5.91 Å². The Morgan fingerprint density at radius 3 is 1.91 bits per heavy atom.